The molecular formula is C74H67N5. The van der Waals surface area contributed by atoms with Crippen LogP contribution in [-0.2, 0) is 10.8 Å². The van der Waals surface area contributed by atoms with Crippen LogP contribution in [-0.4, -0.2) is 0 Å². The number of para-hydroxylation sites is 2. The van der Waals surface area contributed by atoms with Gasteiger partial charge >= 0.3 is 0 Å². The van der Waals surface area contributed by atoms with Crippen molar-refractivity contribution in [1.82, 2.24) is 0 Å². The standard InChI is InChI=1S/C30H31N.C26H20N2.C18H16N2/c1-29(2,23-11-7-5-8-12-23)25-15-19-27(20-16-25)31-28-21-17-26(18-22-28)30(3,4)24-13-9-6-10-14-24;1-3-7-21-17-25(11-9-19(21)5-1)27-23-13-15-24(16-14-23)28-26-12-10-20-6-2-4-8-22(20)18-26;1-3-7-15(8-4-1)19-17-11-13-18(14-12-17)20-16-9-5-2-6-10-16/h5-22,31H,1-4H3;1-18,27-28H;1-14,19-20H. The third kappa shape index (κ3) is 14.0. The minimum Gasteiger partial charge on any atom is -0.356 e. The molecule has 79 heavy (non-hydrogen) atoms. The van der Waals surface area contributed by atoms with E-state index in [9.17, 15) is 0 Å². The minimum atomic E-state index is -0.0234. The fraction of sp³-hybridized carbons (Fsp3) is 0.0811. The lowest BCUT2D eigenvalue weighted by Gasteiger charge is -2.27. The topological polar surface area (TPSA) is 60.1 Å². The van der Waals surface area contributed by atoms with Crippen LogP contribution < -0.4 is 26.6 Å². The van der Waals surface area contributed by atoms with Crippen molar-refractivity contribution in [3.05, 3.63) is 326 Å². The zero-order chi connectivity index (χ0) is 54.3. The summed E-state index contributed by atoms with van der Waals surface area (Å²) in [6, 6.07) is 106. The van der Waals surface area contributed by atoms with Gasteiger partial charge in [-0.05, 0) is 165 Å². The number of hydrogen-bond acceptors (Lipinski definition) is 5. The summed E-state index contributed by atoms with van der Waals surface area (Å²) in [5.41, 5.74) is 16.1. The molecule has 0 aliphatic carbocycles. The first-order valence-electron chi connectivity index (χ1n) is 27.1. The van der Waals surface area contributed by atoms with Crippen molar-refractivity contribution < 1.29 is 0 Å². The normalized spacial score (nSPS) is 11.0. The van der Waals surface area contributed by atoms with Gasteiger partial charge in [0.25, 0.3) is 0 Å². The van der Waals surface area contributed by atoms with E-state index in [0.717, 1.165) is 56.9 Å². The number of fused-ring (bicyclic) bond motifs is 2. The average Bonchev–Trinajstić information content (AvgIpc) is 3.52. The van der Waals surface area contributed by atoms with Gasteiger partial charge < -0.3 is 26.6 Å². The summed E-state index contributed by atoms with van der Waals surface area (Å²) in [6.45, 7) is 9.10. The van der Waals surface area contributed by atoms with E-state index in [2.05, 4.69) is 321 Å². The average molecular weight is 1030 g/mol. The molecule has 0 heterocycles. The summed E-state index contributed by atoms with van der Waals surface area (Å²) in [5, 5.41) is 22.2. The molecule has 5 nitrogen and oxygen atoms in total. The molecule has 0 bridgehead atoms. The van der Waals surface area contributed by atoms with Crippen LogP contribution in [0.2, 0.25) is 0 Å². The number of benzene rings is 12. The van der Waals surface area contributed by atoms with Crippen molar-refractivity contribution in [2.75, 3.05) is 26.6 Å². The van der Waals surface area contributed by atoms with E-state index in [1.54, 1.807) is 0 Å². The molecule has 12 aromatic carbocycles. The van der Waals surface area contributed by atoms with Crippen LogP contribution in [0.3, 0.4) is 0 Å². The molecule has 388 valence electrons. The molecule has 0 amide bonds. The second-order valence-corrected chi connectivity index (χ2v) is 20.8. The van der Waals surface area contributed by atoms with Crippen LogP contribution in [0.25, 0.3) is 21.5 Å². The summed E-state index contributed by atoms with van der Waals surface area (Å²) >= 11 is 0. The molecule has 0 unspecified atom stereocenters. The molecule has 0 fully saturated rings. The fourth-order valence-corrected chi connectivity index (χ4v) is 9.67. The molecule has 0 radical (unpaired) electrons. The highest BCUT2D eigenvalue weighted by atomic mass is 14.9. The van der Waals surface area contributed by atoms with Crippen molar-refractivity contribution in [3.63, 3.8) is 0 Å². The molecule has 0 saturated carbocycles. The molecule has 12 rings (SSSR count). The van der Waals surface area contributed by atoms with Gasteiger partial charge in [-0.1, -0.05) is 210 Å². The van der Waals surface area contributed by atoms with Crippen LogP contribution >= 0.6 is 0 Å². The summed E-state index contributed by atoms with van der Waals surface area (Å²) in [4.78, 5) is 0. The first-order valence-corrected chi connectivity index (χ1v) is 27.1. The molecule has 0 atom stereocenters. The maximum absolute atomic E-state index is 3.54. The zero-order valence-corrected chi connectivity index (χ0v) is 45.4. The Morgan fingerprint density at radius 1 is 0.177 bits per heavy atom. The maximum atomic E-state index is 3.54. The summed E-state index contributed by atoms with van der Waals surface area (Å²) in [6.07, 6.45) is 0. The number of anilines is 10. The van der Waals surface area contributed by atoms with Gasteiger partial charge in [-0.3, -0.25) is 0 Å². The maximum Gasteiger partial charge on any atom is 0.0390 e. The monoisotopic (exact) mass is 1030 g/mol. The molecule has 0 saturated heterocycles. The smallest absolute Gasteiger partial charge is 0.0390 e. The number of hydrogen-bond donors (Lipinski definition) is 5. The Kier molecular flexibility index (Phi) is 16.6. The number of nitrogens with one attached hydrogen (secondary N) is 5. The third-order valence-corrected chi connectivity index (χ3v) is 14.5. The quantitative estimate of drug-likeness (QED) is 0.0751. The number of rotatable bonds is 14. The highest BCUT2D eigenvalue weighted by molar-refractivity contribution is 5.88. The van der Waals surface area contributed by atoms with Gasteiger partial charge in [0, 0.05) is 67.7 Å². The van der Waals surface area contributed by atoms with Crippen molar-refractivity contribution in [2.45, 2.75) is 38.5 Å². The van der Waals surface area contributed by atoms with E-state index < -0.39 is 0 Å². The van der Waals surface area contributed by atoms with Crippen LogP contribution in [0.1, 0.15) is 49.9 Å². The Hall–Kier alpha value is -9.84. The van der Waals surface area contributed by atoms with Gasteiger partial charge in [-0.25, -0.2) is 0 Å². The highest BCUT2D eigenvalue weighted by Crippen LogP contribution is 2.35. The lowest BCUT2D eigenvalue weighted by molar-refractivity contribution is 0.641. The van der Waals surface area contributed by atoms with E-state index in [1.807, 2.05) is 36.4 Å². The molecule has 5 N–H and O–H groups in total. The van der Waals surface area contributed by atoms with Crippen molar-refractivity contribution in [1.29, 1.82) is 0 Å². The largest absolute Gasteiger partial charge is 0.356 e. The summed E-state index contributed by atoms with van der Waals surface area (Å²) < 4.78 is 0. The summed E-state index contributed by atoms with van der Waals surface area (Å²) in [7, 11) is 0. The van der Waals surface area contributed by atoms with Crippen LogP contribution in [0, 0.1) is 0 Å². The van der Waals surface area contributed by atoms with Crippen molar-refractivity contribution >= 4 is 78.4 Å². The van der Waals surface area contributed by atoms with Gasteiger partial charge in [-0.15, -0.1) is 0 Å². The third-order valence-electron chi connectivity index (χ3n) is 14.5. The molecule has 12 aromatic rings. The van der Waals surface area contributed by atoms with Crippen molar-refractivity contribution in [2.24, 2.45) is 0 Å². The van der Waals surface area contributed by atoms with Gasteiger partial charge in [0.1, 0.15) is 0 Å². The van der Waals surface area contributed by atoms with Gasteiger partial charge in [0.15, 0.2) is 0 Å². The Balaban J connectivity index is 0.000000137. The lowest BCUT2D eigenvalue weighted by atomic mass is 9.78. The van der Waals surface area contributed by atoms with Crippen LogP contribution in [0.5, 0.6) is 0 Å². The van der Waals surface area contributed by atoms with Crippen molar-refractivity contribution in [3.8, 4) is 0 Å². The van der Waals surface area contributed by atoms with Crippen LogP contribution in [0.15, 0.2) is 303 Å². The first-order chi connectivity index (χ1) is 38.6. The van der Waals surface area contributed by atoms with Gasteiger partial charge in [0.2, 0.25) is 0 Å². The predicted octanol–water partition coefficient (Wildman–Crippen LogP) is 20.7. The highest BCUT2D eigenvalue weighted by Gasteiger charge is 2.24. The fourth-order valence-electron chi connectivity index (χ4n) is 9.67. The predicted molar refractivity (Wildman–Crippen MR) is 340 cm³/mol. The molecule has 0 aliphatic rings. The van der Waals surface area contributed by atoms with E-state index in [4.69, 9.17) is 0 Å². The van der Waals surface area contributed by atoms with E-state index in [-0.39, 0.29) is 10.8 Å². The Morgan fingerprint density at radius 2 is 0.380 bits per heavy atom. The van der Waals surface area contributed by atoms with Gasteiger partial charge in [0.05, 0.1) is 0 Å². The molecule has 5 heteroatoms. The molecule has 0 aromatic heterocycles. The summed E-state index contributed by atoms with van der Waals surface area (Å²) in [5.74, 6) is 0. The Labute approximate surface area is 466 Å². The van der Waals surface area contributed by atoms with Crippen LogP contribution in [0.4, 0.5) is 56.9 Å². The Bertz CT molecular complexity index is 3550. The zero-order valence-electron chi connectivity index (χ0n) is 45.4. The Morgan fingerprint density at radius 3 is 0.684 bits per heavy atom. The second kappa shape index (κ2) is 24.9. The van der Waals surface area contributed by atoms with Gasteiger partial charge in [-0.2, -0.15) is 0 Å². The van der Waals surface area contributed by atoms with E-state index in [0.29, 0.717) is 0 Å². The first kappa shape index (κ1) is 52.6. The SMILES string of the molecule is CC(C)(c1ccccc1)c1ccc(Nc2ccc(C(C)(C)c3ccccc3)cc2)cc1.c1ccc(Nc2ccc(Nc3ccccc3)cc2)cc1.c1ccc2cc(Nc3ccc(Nc4ccc5ccccc5c4)cc3)ccc2c1. The molecule has 0 spiro atoms. The second-order valence-electron chi connectivity index (χ2n) is 20.8. The lowest BCUT2D eigenvalue weighted by Crippen LogP contribution is -2.18. The van der Waals surface area contributed by atoms with E-state index >= 15 is 0 Å². The molecular weight excluding hydrogens is 959 g/mol. The molecule has 0 aliphatic heterocycles. The van der Waals surface area contributed by atoms with E-state index in [1.165, 1.54) is 43.8 Å². The minimum absolute atomic E-state index is 0.0234.